The minimum Gasteiger partial charge on any atom is -0.394 e. The van der Waals surface area contributed by atoms with Crippen molar-refractivity contribution in [3.63, 3.8) is 0 Å². The molecule has 14 heavy (non-hydrogen) atoms. The third kappa shape index (κ3) is 3.47. The topological polar surface area (TPSA) is 41.6 Å². The number of nitrogens with zero attached hydrogens (tertiary/aromatic N) is 1. The van der Waals surface area contributed by atoms with Gasteiger partial charge in [0.25, 0.3) is 0 Å². The highest BCUT2D eigenvalue weighted by Gasteiger charge is 2.13. The summed E-state index contributed by atoms with van der Waals surface area (Å²) in [5.74, 6) is 0.130. The standard InChI is InChI=1S/C10H18N2O2/c1-9(13)10(7-11-2)8-12-3-5-14-6-4-12/h7,11H,3-6,8H2,1-2H3/b10-7-. The van der Waals surface area contributed by atoms with Crippen molar-refractivity contribution in [2.24, 2.45) is 0 Å². The predicted molar refractivity (Wildman–Crippen MR) is 55.1 cm³/mol. The molecule has 0 aromatic carbocycles. The molecule has 0 unspecified atom stereocenters. The lowest BCUT2D eigenvalue weighted by molar-refractivity contribution is -0.114. The molecule has 4 heteroatoms. The molecule has 0 bridgehead atoms. The van der Waals surface area contributed by atoms with Crippen LogP contribution in [0.5, 0.6) is 0 Å². The van der Waals surface area contributed by atoms with E-state index in [9.17, 15) is 4.79 Å². The number of rotatable bonds is 4. The van der Waals surface area contributed by atoms with E-state index in [-0.39, 0.29) is 5.78 Å². The fourth-order valence-electron chi connectivity index (χ4n) is 1.43. The first-order valence-corrected chi connectivity index (χ1v) is 4.91. The van der Waals surface area contributed by atoms with E-state index >= 15 is 0 Å². The number of nitrogens with one attached hydrogen (secondary N) is 1. The molecule has 0 amide bonds. The summed E-state index contributed by atoms with van der Waals surface area (Å²) in [6.07, 6.45) is 1.78. The number of carbonyl (C=O) groups excluding carboxylic acids is 1. The Hall–Kier alpha value is -0.870. The molecule has 0 atom stereocenters. The molecular weight excluding hydrogens is 180 g/mol. The molecule has 0 radical (unpaired) electrons. The molecule has 0 spiro atoms. The summed E-state index contributed by atoms with van der Waals surface area (Å²) < 4.78 is 5.24. The van der Waals surface area contributed by atoms with Crippen LogP contribution in [0.4, 0.5) is 0 Å². The van der Waals surface area contributed by atoms with Crippen molar-refractivity contribution >= 4 is 5.78 Å². The average Bonchev–Trinajstić information content (AvgIpc) is 2.18. The molecule has 0 aliphatic carbocycles. The van der Waals surface area contributed by atoms with Gasteiger partial charge in [0.2, 0.25) is 0 Å². The number of hydrogen-bond acceptors (Lipinski definition) is 4. The summed E-state index contributed by atoms with van der Waals surface area (Å²) in [5, 5.41) is 2.90. The lowest BCUT2D eigenvalue weighted by atomic mass is 10.2. The first-order valence-electron chi connectivity index (χ1n) is 4.91. The van der Waals surface area contributed by atoms with Crippen molar-refractivity contribution in [1.29, 1.82) is 0 Å². The SMILES string of the molecule is CN/C=C(/CN1CCOCC1)C(C)=O. The minimum absolute atomic E-state index is 0.130. The Labute approximate surface area is 84.9 Å². The number of ketones is 1. The summed E-state index contributed by atoms with van der Waals surface area (Å²) in [4.78, 5) is 13.5. The van der Waals surface area contributed by atoms with Crippen molar-refractivity contribution in [2.45, 2.75) is 6.92 Å². The minimum atomic E-state index is 0.130. The van der Waals surface area contributed by atoms with Crippen LogP contribution in [0.15, 0.2) is 11.8 Å². The molecule has 0 aromatic heterocycles. The Morgan fingerprint density at radius 2 is 2.14 bits per heavy atom. The second-order valence-electron chi connectivity index (χ2n) is 3.40. The van der Waals surface area contributed by atoms with Crippen LogP contribution in [-0.4, -0.2) is 50.6 Å². The van der Waals surface area contributed by atoms with Crippen LogP contribution >= 0.6 is 0 Å². The molecule has 1 heterocycles. The average molecular weight is 198 g/mol. The van der Waals surface area contributed by atoms with E-state index in [0.29, 0.717) is 0 Å². The normalized spacial score (nSPS) is 19.4. The summed E-state index contributed by atoms with van der Waals surface area (Å²) in [6, 6.07) is 0. The lowest BCUT2D eigenvalue weighted by Crippen LogP contribution is -2.38. The number of morpholine rings is 1. The summed E-state index contributed by atoms with van der Waals surface area (Å²) in [5.41, 5.74) is 0.828. The zero-order valence-corrected chi connectivity index (χ0v) is 8.88. The molecule has 1 rings (SSSR count). The Morgan fingerprint density at radius 3 is 2.64 bits per heavy atom. The predicted octanol–water partition coefficient (Wildman–Crippen LogP) is 0.0109. The van der Waals surface area contributed by atoms with E-state index in [2.05, 4.69) is 10.2 Å². The molecule has 0 aromatic rings. The molecule has 1 aliphatic rings. The Balaban J connectivity index is 2.46. The highest BCUT2D eigenvalue weighted by Crippen LogP contribution is 2.03. The zero-order valence-electron chi connectivity index (χ0n) is 8.88. The molecule has 0 saturated carbocycles. The van der Waals surface area contributed by atoms with Gasteiger partial charge in [-0.3, -0.25) is 9.69 Å². The number of Topliss-reactive ketones (excluding diaryl/α,β-unsaturated/α-hetero) is 1. The Kier molecular flexibility index (Phi) is 4.62. The smallest absolute Gasteiger partial charge is 0.158 e. The number of hydrogen-bond donors (Lipinski definition) is 1. The van der Waals surface area contributed by atoms with Gasteiger partial charge in [-0.2, -0.15) is 0 Å². The van der Waals surface area contributed by atoms with Crippen LogP contribution in [0.25, 0.3) is 0 Å². The fourth-order valence-corrected chi connectivity index (χ4v) is 1.43. The van der Waals surface area contributed by atoms with E-state index in [1.54, 1.807) is 13.1 Å². The third-order valence-electron chi connectivity index (χ3n) is 2.27. The molecule has 1 fully saturated rings. The van der Waals surface area contributed by atoms with Gasteiger partial charge in [-0.25, -0.2) is 0 Å². The van der Waals surface area contributed by atoms with Gasteiger partial charge < -0.3 is 10.1 Å². The second kappa shape index (κ2) is 5.78. The molecular formula is C10H18N2O2. The zero-order chi connectivity index (χ0) is 10.4. The van der Waals surface area contributed by atoms with Gasteiger partial charge in [-0.05, 0) is 6.92 Å². The quantitative estimate of drug-likeness (QED) is 0.646. The lowest BCUT2D eigenvalue weighted by Gasteiger charge is -2.26. The number of carbonyl (C=O) groups is 1. The molecule has 4 nitrogen and oxygen atoms in total. The Bertz CT molecular complexity index is 220. The van der Waals surface area contributed by atoms with Crippen LogP contribution in [0.3, 0.4) is 0 Å². The Morgan fingerprint density at radius 1 is 1.50 bits per heavy atom. The molecule has 1 aliphatic heterocycles. The highest BCUT2D eigenvalue weighted by molar-refractivity contribution is 5.93. The maximum atomic E-state index is 11.2. The summed E-state index contributed by atoms with van der Waals surface area (Å²) >= 11 is 0. The van der Waals surface area contributed by atoms with Crippen LogP contribution in [-0.2, 0) is 9.53 Å². The van der Waals surface area contributed by atoms with Gasteiger partial charge in [-0.1, -0.05) is 0 Å². The summed E-state index contributed by atoms with van der Waals surface area (Å²) in [7, 11) is 1.81. The van der Waals surface area contributed by atoms with Crippen molar-refractivity contribution < 1.29 is 9.53 Å². The van der Waals surface area contributed by atoms with E-state index in [0.717, 1.165) is 38.4 Å². The van der Waals surface area contributed by atoms with Crippen LogP contribution < -0.4 is 5.32 Å². The first kappa shape index (κ1) is 11.2. The van der Waals surface area contributed by atoms with Crippen molar-refractivity contribution in [3.8, 4) is 0 Å². The molecule has 80 valence electrons. The first-order chi connectivity index (χ1) is 6.74. The molecule has 1 saturated heterocycles. The van der Waals surface area contributed by atoms with Crippen molar-refractivity contribution in [3.05, 3.63) is 11.8 Å². The van der Waals surface area contributed by atoms with Gasteiger partial charge in [0.05, 0.1) is 13.2 Å². The maximum Gasteiger partial charge on any atom is 0.158 e. The second-order valence-corrected chi connectivity index (χ2v) is 3.40. The van der Waals surface area contributed by atoms with Gasteiger partial charge in [-0.15, -0.1) is 0 Å². The van der Waals surface area contributed by atoms with Gasteiger partial charge in [0.15, 0.2) is 5.78 Å². The number of ether oxygens (including phenoxy) is 1. The van der Waals surface area contributed by atoms with E-state index in [1.165, 1.54) is 0 Å². The van der Waals surface area contributed by atoms with Crippen LogP contribution in [0.2, 0.25) is 0 Å². The van der Waals surface area contributed by atoms with Crippen LogP contribution in [0.1, 0.15) is 6.92 Å². The third-order valence-corrected chi connectivity index (χ3v) is 2.27. The van der Waals surface area contributed by atoms with Crippen LogP contribution in [0, 0.1) is 0 Å². The van der Waals surface area contributed by atoms with E-state index in [4.69, 9.17) is 4.74 Å². The fraction of sp³-hybridized carbons (Fsp3) is 0.700. The summed E-state index contributed by atoms with van der Waals surface area (Å²) in [6.45, 7) is 5.68. The van der Waals surface area contributed by atoms with E-state index < -0.39 is 0 Å². The van der Waals surface area contributed by atoms with Crippen molar-refractivity contribution in [1.82, 2.24) is 10.2 Å². The maximum absolute atomic E-state index is 11.2. The largest absolute Gasteiger partial charge is 0.394 e. The van der Waals surface area contributed by atoms with Gasteiger partial charge in [0.1, 0.15) is 0 Å². The monoisotopic (exact) mass is 198 g/mol. The van der Waals surface area contributed by atoms with E-state index in [1.807, 2.05) is 7.05 Å². The molecule has 1 N–H and O–H groups in total. The highest BCUT2D eigenvalue weighted by atomic mass is 16.5. The van der Waals surface area contributed by atoms with Gasteiger partial charge in [0, 0.05) is 38.5 Å². The van der Waals surface area contributed by atoms with Gasteiger partial charge >= 0.3 is 0 Å². The van der Waals surface area contributed by atoms with Crippen molar-refractivity contribution in [2.75, 3.05) is 39.9 Å².